The summed E-state index contributed by atoms with van der Waals surface area (Å²) in [6.07, 6.45) is 9.82. The summed E-state index contributed by atoms with van der Waals surface area (Å²) in [4.78, 5) is 54.6. The zero-order valence-electron chi connectivity index (χ0n) is 26.1. The summed E-state index contributed by atoms with van der Waals surface area (Å²) in [6.45, 7) is 6.23. The number of nitrogens with one attached hydrogen (secondary N) is 3. The number of rotatable bonds is 13. The molecule has 240 valence electrons. The zero-order chi connectivity index (χ0) is 31.5. The molecule has 44 heavy (non-hydrogen) atoms. The number of hydrogen-bond acceptors (Lipinski definition) is 7. The van der Waals surface area contributed by atoms with Gasteiger partial charge in [0.25, 0.3) is 11.8 Å². The number of likely N-dealkylation sites (tertiary alicyclic amines) is 1. The highest BCUT2D eigenvalue weighted by Crippen LogP contribution is 2.28. The molecule has 2 fully saturated rings. The molecule has 4 amide bonds. The number of hydrogen-bond donors (Lipinski definition) is 4. The van der Waals surface area contributed by atoms with E-state index < -0.39 is 18.0 Å². The topological polar surface area (TPSA) is 160 Å². The monoisotopic (exact) mass is 608 g/mol. The average molecular weight is 609 g/mol. The van der Waals surface area contributed by atoms with Gasteiger partial charge in [-0.2, -0.15) is 0 Å². The van der Waals surface area contributed by atoms with Gasteiger partial charge in [-0.15, -0.1) is 0 Å². The first-order valence-electron chi connectivity index (χ1n) is 16.2. The van der Waals surface area contributed by atoms with E-state index >= 15 is 0 Å². The van der Waals surface area contributed by atoms with Crippen LogP contribution in [0.25, 0.3) is 0 Å². The van der Waals surface area contributed by atoms with Crippen LogP contribution in [-0.4, -0.2) is 65.4 Å². The predicted molar refractivity (Wildman–Crippen MR) is 166 cm³/mol. The maximum Gasteiger partial charge on any atom is 0.290 e. The number of benzene rings is 1. The van der Waals surface area contributed by atoms with Crippen LogP contribution in [0.1, 0.15) is 98.1 Å². The van der Waals surface area contributed by atoms with Crippen molar-refractivity contribution in [2.24, 2.45) is 23.5 Å². The van der Waals surface area contributed by atoms with Crippen molar-refractivity contribution < 1.29 is 23.7 Å². The van der Waals surface area contributed by atoms with Crippen molar-refractivity contribution in [2.75, 3.05) is 19.6 Å². The molecule has 2 aromatic rings. The molecule has 1 aliphatic carbocycles. The first kappa shape index (κ1) is 33.2. The van der Waals surface area contributed by atoms with Gasteiger partial charge >= 0.3 is 0 Å². The minimum absolute atomic E-state index is 0.00814. The predicted octanol–water partition coefficient (Wildman–Crippen LogP) is 3.40. The summed E-state index contributed by atoms with van der Waals surface area (Å²) in [5, 5.41) is 12.3. The number of carbonyl (C=O) groups is 4. The number of aromatic nitrogens is 1. The molecule has 0 spiro atoms. The van der Waals surface area contributed by atoms with Gasteiger partial charge in [-0.25, -0.2) is 0 Å². The van der Waals surface area contributed by atoms with E-state index in [1.807, 2.05) is 30.9 Å². The molecule has 2 aliphatic rings. The van der Waals surface area contributed by atoms with E-state index in [9.17, 15) is 19.2 Å². The molecule has 1 aromatic heterocycles. The van der Waals surface area contributed by atoms with Crippen LogP contribution in [0.15, 0.2) is 41.1 Å². The van der Waals surface area contributed by atoms with E-state index in [4.69, 9.17) is 10.3 Å². The lowest BCUT2D eigenvalue weighted by Crippen LogP contribution is -2.56. The summed E-state index contributed by atoms with van der Waals surface area (Å²) in [6, 6.07) is 7.14. The highest BCUT2D eigenvalue weighted by molar-refractivity contribution is 5.97. The Bertz CT molecular complexity index is 1220. The maximum atomic E-state index is 13.6. The normalized spacial score (nSPS) is 18.2. The third-order valence-corrected chi connectivity index (χ3v) is 9.27. The molecular formula is C33H48N6O5. The molecule has 1 saturated carbocycles. The van der Waals surface area contributed by atoms with Gasteiger partial charge in [-0.3, -0.25) is 19.2 Å². The van der Waals surface area contributed by atoms with Gasteiger partial charge < -0.3 is 31.1 Å². The van der Waals surface area contributed by atoms with Crippen LogP contribution in [0.5, 0.6) is 0 Å². The second-order valence-electron chi connectivity index (χ2n) is 12.4. The van der Waals surface area contributed by atoms with Crippen LogP contribution >= 0.6 is 0 Å². The molecule has 1 aromatic carbocycles. The van der Waals surface area contributed by atoms with Crippen LogP contribution in [0.4, 0.5) is 0 Å². The molecule has 5 N–H and O–H groups in total. The molecule has 11 nitrogen and oxygen atoms in total. The summed E-state index contributed by atoms with van der Waals surface area (Å²) in [5.41, 5.74) is 7.24. The van der Waals surface area contributed by atoms with Crippen molar-refractivity contribution in [3.8, 4) is 0 Å². The summed E-state index contributed by atoms with van der Waals surface area (Å²) < 4.78 is 4.99. The first-order chi connectivity index (χ1) is 21.3. The Labute approximate surface area is 260 Å². The van der Waals surface area contributed by atoms with Crippen LogP contribution < -0.4 is 21.7 Å². The second kappa shape index (κ2) is 16.4. The molecule has 0 radical (unpaired) electrons. The van der Waals surface area contributed by atoms with Crippen molar-refractivity contribution >= 4 is 23.6 Å². The average Bonchev–Trinajstić information content (AvgIpc) is 3.61. The van der Waals surface area contributed by atoms with Crippen molar-refractivity contribution in [3.05, 3.63) is 53.4 Å². The number of carbonyl (C=O) groups excluding carboxylic acids is 4. The third kappa shape index (κ3) is 9.14. The minimum atomic E-state index is -0.804. The maximum absolute atomic E-state index is 13.6. The molecule has 4 rings (SSSR count). The fraction of sp³-hybridized carbons (Fsp3) is 0.606. The van der Waals surface area contributed by atoms with E-state index in [1.54, 1.807) is 12.1 Å². The molecule has 1 saturated heterocycles. The van der Waals surface area contributed by atoms with Crippen molar-refractivity contribution in [1.29, 1.82) is 0 Å². The lowest BCUT2D eigenvalue weighted by atomic mass is 9.84. The summed E-state index contributed by atoms with van der Waals surface area (Å²) >= 11 is 0. The Morgan fingerprint density at radius 3 is 2.27 bits per heavy atom. The Hall–Kier alpha value is -3.73. The minimum Gasteiger partial charge on any atom is -0.351 e. The summed E-state index contributed by atoms with van der Waals surface area (Å²) in [7, 11) is 0. The van der Waals surface area contributed by atoms with Gasteiger partial charge in [0, 0.05) is 31.3 Å². The molecule has 3 atom stereocenters. The van der Waals surface area contributed by atoms with E-state index in [2.05, 4.69) is 21.1 Å². The molecule has 2 heterocycles. The molecule has 0 unspecified atom stereocenters. The Kier molecular flexibility index (Phi) is 12.3. The molecule has 1 aliphatic heterocycles. The van der Waals surface area contributed by atoms with E-state index in [-0.39, 0.29) is 35.9 Å². The Morgan fingerprint density at radius 2 is 1.66 bits per heavy atom. The highest BCUT2D eigenvalue weighted by atomic mass is 16.5. The molecule has 0 bridgehead atoms. The van der Waals surface area contributed by atoms with Crippen LogP contribution in [-0.2, 0) is 16.1 Å². The zero-order valence-corrected chi connectivity index (χ0v) is 26.1. The van der Waals surface area contributed by atoms with E-state index in [0.717, 1.165) is 44.1 Å². The lowest BCUT2D eigenvalue weighted by molar-refractivity contribution is -0.131. The first-order valence-corrected chi connectivity index (χ1v) is 16.2. The van der Waals surface area contributed by atoms with Gasteiger partial charge in [0.2, 0.25) is 17.6 Å². The smallest absolute Gasteiger partial charge is 0.290 e. The SMILES string of the molecule is CC[C@H](C)[C@H](NC(=O)[C@H](CC1CCCCC1)NC(=O)c1ccno1)C(=O)NCc1ccc(C(=O)N2CCC(CN)CC2)cc1. The Balaban J connectivity index is 1.36. The number of amides is 4. The van der Waals surface area contributed by atoms with Crippen LogP contribution in [0, 0.1) is 17.8 Å². The molecular weight excluding hydrogens is 560 g/mol. The van der Waals surface area contributed by atoms with E-state index in [0.29, 0.717) is 49.9 Å². The van der Waals surface area contributed by atoms with Gasteiger partial charge in [-0.05, 0) is 61.3 Å². The van der Waals surface area contributed by atoms with Gasteiger partial charge in [0.1, 0.15) is 12.1 Å². The fourth-order valence-corrected chi connectivity index (χ4v) is 6.12. The van der Waals surface area contributed by atoms with Gasteiger partial charge in [0.05, 0.1) is 6.20 Å². The molecule has 11 heteroatoms. The quantitative estimate of drug-likeness (QED) is 0.271. The van der Waals surface area contributed by atoms with E-state index in [1.165, 1.54) is 18.7 Å². The summed E-state index contributed by atoms with van der Waals surface area (Å²) in [5.74, 6) is -0.489. The number of nitrogens with zero attached hydrogens (tertiary/aromatic N) is 2. The Morgan fingerprint density at radius 1 is 0.955 bits per heavy atom. The second-order valence-corrected chi connectivity index (χ2v) is 12.4. The fourth-order valence-electron chi connectivity index (χ4n) is 6.12. The van der Waals surface area contributed by atoms with Crippen molar-refractivity contribution in [2.45, 2.75) is 90.3 Å². The van der Waals surface area contributed by atoms with Crippen molar-refractivity contribution in [1.82, 2.24) is 26.0 Å². The standard InChI is InChI=1S/C33H48N6O5/c1-3-22(2)29(38-30(40)27(19-23-7-5-4-6-8-23)37-31(41)28-13-16-36-44-28)32(42)35-21-25-9-11-26(12-10-25)33(43)39-17-14-24(20-34)15-18-39/h9-13,16,22-24,27,29H,3-8,14-15,17-21,34H2,1-2H3,(H,35,42)(H,37,41)(H,38,40)/t22-,27-,29-/m0/s1. The van der Waals surface area contributed by atoms with Crippen LogP contribution in [0.3, 0.4) is 0 Å². The van der Waals surface area contributed by atoms with Crippen LogP contribution in [0.2, 0.25) is 0 Å². The number of piperidine rings is 1. The lowest BCUT2D eigenvalue weighted by Gasteiger charge is -2.31. The largest absolute Gasteiger partial charge is 0.351 e. The van der Waals surface area contributed by atoms with Gasteiger partial charge in [-0.1, -0.05) is 69.7 Å². The van der Waals surface area contributed by atoms with Gasteiger partial charge in [0.15, 0.2) is 0 Å². The third-order valence-electron chi connectivity index (χ3n) is 9.27. The van der Waals surface area contributed by atoms with Crippen molar-refractivity contribution in [3.63, 3.8) is 0 Å². The number of nitrogens with two attached hydrogens (primary N) is 1. The highest BCUT2D eigenvalue weighted by Gasteiger charge is 2.32.